The second kappa shape index (κ2) is 4.83. The maximum absolute atomic E-state index is 9.40. The Bertz CT molecular complexity index is 125. The van der Waals surface area contributed by atoms with E-state index in [1.54, 1.807) is 0 Å². The van der Waals surface area contributed by atoms with Crippen LogP contribution in [0.4, 0.5) is 0 Å². The van der Waals surface area contributed by atoms with Crippen molar-refractivity contribution >= 4 is 0 Å². The highest BCUT2D eigenvalue weighted by Crippen LogP contribution is 2.11. The number of piperidine rings is 1. The minimum absolute atomic E-state index is 0.0640. The smallest absolute Gasteiger partial charge is 0.0667 e. The molecule has 1 aliphatic heterocycles. The molecule has 0 aromatic carbocycles. The van der Waals surface area contributed by atoms with Gasteiger partial charge in [-0.3, -0.25) is 0 Å². The third-order valence-electron chi connectivity index (χ3n) is 2.50. The molecule has 0 radical (unpaired) electrons. The summed E-state index contributed by atoms with van der Waals surface area (Å²) in [6.07, 6.45) is 3.36. The zero-order chi connectivity index (χ0) is 8.97. The largest absolute Gasteiger partial charge is 0.392 e. The molecule has 1 unspecified atom stereocenters. The Morgan fingerprint density at radius 3 is 2.83 bits per heavy atom. The van der Waals surface area contributed by atoms with E-state index in [4.69, 9.17) is 0 Å². The van der Waals surface area contributed by atoms with Crippen molar-refractivity contribution in [3.8, 4) is 0 Å². The van der Waals surface area contributed by atoms with Crippen molar-refractivity contribution in [2.24, 2.45) is 5.92 Å². The Morgan fingerprint density at radius 2 is 2.25 bits per heavy atom. The summed E-state index contributed by atoms with van der Waals surface area (Å²) in [5.41, 5.74) is 0. The van der Waals surface area contributed by atoms with E-state index < -0.39 is 0 Å². The van der Waals surface area contributed by atoms with Crippen LogP contribution in [0.3, 0.4) is 0 Å². The summed E-state index contributed by atoms with van der Waals surface area (Å²) in [6, 6.07) is 0. The Morgan fingerprint density at radius 1 is 1.50 bits per heavy atom. The van der Waals surface area contributed by atoms with Gasteiger partial charge in [-0.1, -0.05) is 13.8 Å². The molecule has 1 N–H and O–H groups in total. The van der Waals surface area contributed by atoms with E-state index in [1.807, 2.05) is 0 Å². The van der Waals surface area contributed by atoms with Gasteiger partial charge in [0.15, 0.2) is 0 Å². The van der Waals surface area contributed by atoms with Gasteiger partial charge in [0.25, 0.3) is 0 Å². The lowest BCUT2D eigenvalue weighted by Gasteiger charge is -2.30. The summed E-state index contributed by atoms with van der Waals surface area (Å²) in [6.45, 7) is 7.74. The molecule has 1 fully saturated rings. The average Bonchev–Trinajstić information content (AvgIpc) is 2.01. The summed E-state index contributed by atoms with van der Waals surface area (Å²) in [5, 5.41) is 9.40. The molecule has 0 aromatic heterocycles. The summed E-state index contributed by atoms with van der Waals surface area (Å²) >= 11 is 0. The first-order valence-electron chi connectivity index (χ1n) is 5.09. The van der Waals surface area contributed by atoms with Crippen LogP contribution in [-0.4, -0.2) is 35.7 Å². The molecule has 0 saturated carbocycles. The van der Waals surface area contributed by atoms with Gasteiger partial charge in [-0.25, -0.2) is 0 Å². The van der Waals surface area contributed by atoms with Gasteiger partial charge in [0.05, 0.1) is 6.10 Å². The van der Waals surface area contributed by atoms with Gasteiger partial charge in [-0.2, -0.15) is 0 Å². The number of rotatable bonds is 3. The Hall–Kier alpha value is -0.0800. The lowest BCUT2D eigenvalue weighted by molar-refractivity contribution is 0.0683. The predicted molar refractivity (Wildman–Crippen MR) is 51.1 cm³/mol. The first-order chi connectivity index (χ1) is 5.68. The van der Waals surface area contributed by atoms with Crippen molar-refractivity contribution in [1.29, 1.82) is 0 Å². The molecule has 2 nitrogen and oxygen atoms in total. The summed E-state index contributed by atoms with van der Waals surface area (Å²) < 4.78 is 0. The second-order valence-electron chi connectivity index (χ2n) is 4.28. The average molecular weight is 171 g/mol. The van der Waals surface area contributed by atoms with Gasteiger partial charge < -0.3 is 10.0 Å². The zero-order valence-electron chi connectivity index (χ0n) is 8.29. The van der Waals surface area contributed by atoms with E-state index in [9.17, 15) is 5.11 Å². The van der Waals surface area contributed by atoms with Crippen LogP contribution in [-0.2, 0) is 0 Å². The topological polar surface area (TPSA) is 23.5 Å². The van der Waals surface area contributed by atoms with E-state index in [2.05, 4.69) is 18.7 Å². The third-order valence-corrected chi connectivity index (χ3v) is 2.50. The van der Waals surface area contributed by atoms with Crippen LogP contribution in [0.2, 0.25) is 0 Å². The highest BCUT2D eigenvalue weighted by Gasteiger charge is 2.16. The molecule has 1 aliphatic rings. The van der Waals surface area contributed by atoms with Gasteiger partial charge in [0.1, 0.15) is 0 Å². The fourth-order valence-corrected chi connectivity index (χ4v) is 1.68. The fourth-order valence-electron chi connectivity index (χ4n) is 1.68. The molecule has 2 heteroatoms. The van der Waals surface area contributed by atoms with Crippen molar-refractivity contribution in [1.82, 2.24) is 4.90 Å². The fraction of sp³-hybridized carbons (Fsp3) is 1.00. The maximum Gasteiger partial charge on any atom is 0.0667 e. The van der Waals surface area contributed by atoms with Gasteiger partial charge in [-0.05, 0) is 38.3 Å². The first kappa shape index (κ1) is 10.0. The SMILES string of the molecule is CC(C)CCN1CCCC(O)C1. The van der Waals surface area contributed by atoms with E-state index in [0.717, 1.165) is 25.4 Å². The molecule has 72 valence electrons. The minimum atomic E-state index is -0.0640. The summed E-state index contributed by atoms with van der Waals surface area (Å²) in [7, 11) is 0. The lowest BCUT2D eigenvalue weighted by atomic mass is 10.1. The molecular weight excluding hydrogens is 150 g/mol. The standard InChI is InChI=1S/C10H21NO/c1-9(2)5-7-11-6-3-4-10(12)8-11/h9-10,12H,3-8H2,1-2H3. The molecule has 0 aliphatic carbocycles. The maximum atomic E-state index is 9.40. The third kappa shape index (κ3) is 3.55. The molecule has 1 saturated heterocycles. The van der Waals surface area contributed by atoms with Crippen LogP contribution in [0.25, 0.3) is 0 Å². The van der Waals surface area contributed by atoms with E-state index in [-0.39, 0.29) is 6.10 Å². The van der Waals surface area contributed by atoms with E-state index in [1.165, 1.54) is 19.4 Å². The van der Waals surface area contributed by atoms with Gasteiger partial charge >= 0.3 is 0 Å². The number of nitrogens with zero attached hydrogens (tertiary/aromatic N) is 1. The molecule has 0 aromatic rings. The Kier molecular flexibility index (Phi) is 4.02. The Balaban J connectivity index is 2.14. The number of likely N-dealkylation sites (tertiary alicyclic amines) is 1. The molecule has 1 rings (SSSR count). The van der Waals surface area contributed by atoms with Gasteiger partial charge in [0.2, 0.25) is 0 Å². The monoisotopic (exact) mass is 171 g/mol. The quantitative estimate of drug-likeness (QED) is 0.695. The molecule has 0 amide bonds. The molecule has 0 spiro atoms. The van der Waals surface area contributed by atoms with Crippen molar-refractivity contribution < 1.29 is 5.11 Å². The van der Waals surface area contributed by atoms with Crippen LogP contribution in [0.1, 0.15) is 33.1 Å². The van der Waals surface area contributed by atoms with Crippen LogP contribution in [0, 0.1) is 5.92 Å². The van der Waals surface area contributed by atoms with Crippen molar-refractivity contribution in [3.05, 3.63) is 0 Å². The number of hydrogen-bond acceptors (Lipinski definition) is 2. The number of aliphatic hydroxyl groups is 1. The van der Waals surface area contributed by atoms with Crippen LogP contribution < -0.4 is 0 Å². The number of aliphatic hydroxyl groups excluding tert-OH is 1. The molecule has 1 heterocycles. The van der Waals surface area contributed by atoms with Crippen molar-refractivity contribution in [2.45, 2.75) is 39.2 Å². The molecule has 0 bridgehead atoms. The van der Waals surface area contributed by atoms with Gasteiger partial charge in [-0.15, -0.1) is 0 Å². The van der Waals surface area contributed by atoms with Crippen molar-refractivity contribution in [3.63, 3.8) is 0 Å². The number of β-amino-alcohol motifs (C(OH)–C–C–N with tert-alkyl or cyclic N) is 1. The van der Waals surface area contributed by atoms with Crippen LogP contribution >= 0.6 is 0 Å². The molecule has 12 heavy (non-hydrogen) atoms. The summed E-state index contributed by atoms with van der Waals surface area (Å²) in [4.78, 5) is 2.38. The normalized spacial score (nSPS) is 26.5. The summed E-state index contributed by atoms with van der Waals surface area (Å²) in [5.74, 6) is 0.782. The van der Waals surface area contributed by atoms with Crippen LogP contribution in [0.15, 0.2) is 0 Å². The number of hydrogen-bond donors (Lipinski definition) is 1. The zero-order valence-corrected chi connectivity index (χ0v) is 8.29. The van der Waals surface area contributed by atoms with Crippen molar-refractivity contribution in [2.75, 3.05) is 19.6 Å². The first-order valence-corrected chi connectivity index (χ1v) is 5.09. The van der Waals surface area contributed by atoms with E-state index in [0.29, 0.717) is 0 Å². The van der Waals surface area contributed by atoms with Gasteiger partial charge in [0, 0.05) is 6.54 Å². The Labute approximate surface area is 75.6 Å². The lowest BCUT2D eigenvalue weighted by Crippen LogP contribution is -2.39. The molecular formula is C10H21NO. The predicted octanol–water partition coefficient (Wildman–Crippen LogP) is 1.49. The molecule has 1 atom stereocenters. The minimum Gasteiger partial charge on any atom is -0.392 e. The highest BCUT2D eigenvalue weighted by atomic mass is 16.3. The van der Waals surface area contributed by atoms with Crippen LogP contribution in [0.5, 0.6) is 0 Å². The second-order valence-corrected chi connectivity index (χ2v) is 4.28. The van der Waals surface area contributed by atoms with E-state index >= 15 is 0 Å². The highest BCUT2D eigenvalue weighted by molar-refractivity contribution is 4.71.